The number of primary amides is 2. The lowest BCUT2D eigenvalue weighted by atomic mass is 10.1. The van der Waals surface area contributed by atoms with E-state index in [2.05, 4.69) is 26.0 Å². The summed E-state index contributed by atoms with van der Waals surface area (Å²) in [6, 6.07) is 14.0. The Morgan fingerprint density at radius 1 is 0.811 bits per heavy atom. The van der Waals surface area contributed by atoms with E-state index in [9.17, 15) is 9.59 Å². The normalized spacial score (nSPS) is 16.1. The van der Waals surface area contributed by atoms with E-state index in [1.54, 1.807) is 36.4 Å². The first-order chi connectivity index (χ1) is 17.9. The number of carbonyl (C=O) groups excluding carboxylic acids is 2. The maximum absolute atomic E-state index is 11.0. The predicted octanol–water partition coefficient (Wildman–Crippen LogP) is 6.68. The number of carbonyl (C=O) groups is 2. The van der Waals surface area contributed by atoms with Crippen LogP contribution < -0.4 is 20.9 Å². The highest BCUT2D eigenvalue weighted by molar-refractivity contribution is 5.93. The highest BCUT2D eigenvalue weighted by Crippen LogP contribution is 2.44. The first-order valence-corrected chi connectivity index (χ1v) is 13.6. The molecule has 1 saturated carbocycles. The van der Waals surface area contributed by atoms with Crippen molar-refractivity contribution >= 4 is 11.8 Å². The van der Waals surface area contributed by atoms with Crippen LogP contribution in [0.4, 0.5) is 0 Å². The van der Waals surface area contributed by atoms with Gasteiger partial charge in [0.25, 0.3) is 0 Å². The lowest BCUT2D eigenvalue weighted by molar-refractivity contribution is 0.0991. The van der Waals surface area contributed by atoms with Gasteiger partial charge in [0.05, 0.1) is 13.2 Å². The average molecular weight is 509 g/mol. The van der Waals surface area contributed by atoms with Crippen LogP contribution in [0.5, 0.6) is 11.5 Å². The molecule has 202 valence electrons. The zero-order chi connectivity index (χ0) is 26.9. The van der Waals surface area contributed by atoms with Crippen LogP contribution in [0.1, 0.15) is 92.4 Å². The van der Waals surface area contributed by atoms with Crippen LogP contribution in [-0.4, -0.2) is 25.0 Å². The van der Waals surface area contributed by atoms with Crippen LogP contribution in [0.15, 0.2) is 60.7 Å². The van der Waals surface area contributed by atoms with Gasteiger partial charge in [-0.1, -0.05) is 51.0 Å². The molecular weight excluding hydrogens is 464 g/mol. The molecule has 6 heteroatoms. The second-order valence-electron chi connectivity index (χ2n) is 9.52. The van der Waals surface area contributed by atoms with Crippen LogP contribution in [0, 0.1) is 11.8 Å². The van der Waals surface area contributed by atoms with Crippen LogP contribution in [0.3, 0.4) is 0 Å². The Bertz CT molecular complexity index is 989. The maximum atomic E-state index is 11.0. The molecule has 1 aliphatic rings. The minimum absolute atomic E-state index is 0.412. The molecule has 37 heavy (non-hydrogen) atoms. The van der Waals surface area contributed by atoms with E-state index >= 15 is 0 Å². The summed E-state index contributed by atoms with van der Waals surface area (Å²) >= 11 is 0. The molecule has 0 saturated heterocycles. The fourth-order valence-electron chi connectivity index (χ4n) is 4.18. The largest absolute Gasteiger partial charge is 0.494 e. The highest BCUT2D eigenvalue weighted by Gasteiger charge is 2.33. The number of rotatable bonds is 16. The number of ether oxygens (including phenoxy) is 2. The van der Waals surface area contributed by atoms with Crippen molar-refractivity contribution in [2.45, 2.75) is 71.6 Å². The minimum Gasteiger partial charge on any atom is -0.494 e. The number of hydrogen-bond donors (Lipinski definition) is 2. The van der Waals surface area contributed by atoms with Gasteiger partial charge in [0.2, 0.25) is 11.8 Å². The van der Waals surface area contributed by atoms with E-state index in [0.29, 0.717) is 30.1 Å². The van der Waals surface area contributed by atoms with Crippen LogP contribution >= 0.6 is 0 Å². The number of unbranched alkanes of at least 4 members (excludes halogenated alkanes) is 3. The van der Waals surface area contributed by atoms with Crippen molar-refractivity contribution in [3.63, 3.8) is 0 Å². The Kier molecular flexibility index (Phi) is 13.9. The Balaban J connectivity index is 0.000000261. The predicted molar refractivity (Wildman–Crippen MR) is 150 cm³/mol. The maximum Gasteiger partial charge on any atom is 0.248 e. The molecule has 2 unspecified atom stereocenters. The third-order valence-electron chi connectivity index (χ3n) is 6.50. The van der Waals surface area contributed by atoms with Gasteiger partial charge in [-0.25, -0.2) is 0 Å². The fourth-order valence-corrected chi connectivity index (χ4v) is 4.18. The van der Waals surface area contributed by atoms with Gasteiger partial charge in [-0.3, -0.25) is 9.59 Å². The molecule has 2 atom stereocenters. The van der Waals surface area contributed by atoms with E-state index in [0.717, 1.165) is 49.7 Å². The second kappa shape index (κ2) is 17.2. The minimum atomic E-state index is -0.426. The number of benzene rings is 2. The lowest BCUT2D eigenvalue weighted by Gasteiger charge is -2.07. The molecule has 3 rings (SSSR count). The number of amides is 2. The Morgan fingerprint density at radius 2 is 1.38 bits per heavy atom. The number of allylic oxidation sites excluding steroid dienone is 2. The van der Waals surface area contributed by atoms with Gasteiger partial charge >= 0.3 is 0 Å². The Labute approximate surface area is 222 Å². The molecule has 6 nitrogen and oxygen atoms in total. The monoisotopic (exact) mass is 508 g/mol. The second-order valence-corrected chi connectivity index (χ2v) is 9.52. The van der Waals surface area contributed by atoms with Crippen molar-refractivity contribution in [2.24, 2.45) is 23.3 Å². The third-order valence-corrected chi connectivity index (χ3v) is 6.50. The third kappa shape index (κ3) is 12.5. The van der Waals surface area contributed by atoms with Crippen LogP contribution in [0.2, 0.25) is 0 Å². The first-order valence-electron chi connectivity index (χ1n) is 13.6. The molecule has 0 heterocycles. The number of nitrogens with two attached hydrogens (primary N) is 2. The quantitative estimate of drug-likeness (QED) is 0.195. The molecule has 2 aromatic rings. The zero-order valence-electron chi connectivity index (χ0n) is 22.5. The SMILES string of the molecule is CC/C=C\CCCCOc1cccc(C(N)=O)c1.CCC1CC1CCCCOc1cccc(C(N)=O)c1. The van der Waals surface area contributed by atoms with Crippen LogP contribution in [0.25, 0.3) is 0 Å². The molecule has 4 N–H and O–H groups in total. The van der Waals surface area contributed by atoms with E-state index in [1.165, 1.54) is 25.7 Å². The average Bonchev–Trinajstić information content (AvgIpc) is 3.67. The zero-order valence-corrected chi connectivity index (χ0v) is 22.5. The van der Waals surface area contributed by atoms with Crippen molar-refractivity contribution in [3.05, 3.63) is 71.8 Å². The molecule has 1 fully saturated rings. The molecule has 2 aromatic carbocycles. The summed E-state index contributed by atoms with van der Waals surface area (Å²) < 4.78 is 11.2. The van der Waals surface area contributed by atoms with Crippen molar-refractivity contribution in [1.82, 2.24) is 0 Å². The van der Waals surface area contributed by atoms with E-state index in [-0.39, 0.29) is 0 Å². The summed E-state index contributed by atoms with van der Waals surface area (Å²) in [4.78, 5) is 22.0. The highest BCUT2D eigenvalue weighted by atomic mass is 16.5. The van der Waals surface area contributed by atoms with Gasteiger partial charge < -0.3 is 20.9 Å². The first kappa shape index (κ1) is 29.9. The van der Waals surface area contributed by atoms with Gasteiger partial charge in [-0.05, 0) is 93.2 Å². The summed E-state index contributed by atoms with van der Waals surface area (Å²) in [6.45, 7) is 5.79. The lowest BCUT2D eigenvalue weighted by Crippen LogP contribution is -2.10. The standard InChI is InChI=1S/C16H23NO2.C15H21NO2/c1-2-12-10-13(12)6-3-4-9-19-15-8-5-7-14(11-15)16(17)18;1-2-3-4-5-6-7-11-18-14-10-8-9-13(12-14)15(16)17/h5,7-8,11-13H,2-4,6,9-10H2,1H3,(H2,17,18);3-4,8-10,12H,2,5-7,11H2,1H3,(H2,16,17)/b;4-3-. The summed E-state index contributed by atoms with van der Waals surface area (Å²) in [6.07, 6.45) is 15.1. The molecule has 0 aliphatic heterocycles. The van der Waals surface area contributed by atoms with Crippen molar-refractivity contribution in [3.8, 4) is 11.5 Å². The molecule has 0 radical (unpaired) electrons. The molecule has 0 spiro atoms. The van der Waals surface area contributed by atoms with Crippen molar-refractivity contribution in [1.29, 1.82) is 0 Å². The molecule has 0 aromatic heterocycles. The molecule has 2 amide bonds. The summed E-state index contributed by atoms with van der Waals surface area (Å²) in [5.41, 5.74) is 11.4. The molecule has 0 bridgehead atoms. The van der Waals surface area contributed by atoms with Crippen molar-refractivity contribution < 1.29 is 19.1 Å². The summed E-state index contributed by atoms with van der Waals surface area (Å²) in [5, 5.41) is 0. The Morgan fingerprint density at radius 3 is 1.86 bits per heavy atom. The van der Waals surface area contributed by atoms with Crippen LogP contribution in [-0.2, 0) is 0 Å². The Hall–Kier alpha value is -3.28. The molecular formula is C31H44N2O4. The van der Waals surface area contributed by atoms with Crippen molar-refractivity contribution in [2.75, 3.05) is 13.2 Å². The summed E-state index contributed by atoms with van der Waals surface area (Å²) in [7, 11) is 0. The molecule has 1 aliphatic carbocycles. The smallest absolute Gasteiger partial charge is 0.248 e. The van der Waals surface area contributed by atoms with Gasteiger partial charge in [0, 0.05) is 11.1 Å². The fraction of sp³-hybridized carbons (Fsp3) is 0.484. The van der Waals surface area contributed by atoms with Gasteiger partial charge in [-0.15, -0.1) is 0 Å². The van der Waals surface area contributed by atoms with E-state index in [4.69, 9.17) is 20.9 Å². The van der Waals surface area contributed by atoms with E-state index in [1.807, 2.05) is 12.1 Å². The van der Waals surface area contributed by atoms with E-state index < -0.39 is 11.8 Å². The van der Waals surface area contributed by atoms with Gasteiger partial charge in [-0.2, -0.15) is 0 Å². The van der Waals surface area contributed by atoms with Gasteiger partial charge in [0.15, 0.2) is 0 Å². The summed E-state index contributed by atoms with van der Waals surface area (Å²) in [5.74, 6) is 2.57. The van der Waals surface area contributed by atoms with Gasteiger partial charge in [0.1, 0.15) is 11.5 Å². The topological polar surface area (TPSA) is 105 Å². The number of hydrogen-bond acceptors (Lipinski definition) is 4.